The average molecular weight is 371 g/mol. The van der Waals surface area contributed by atoms with E-state index < -0.39 is 0 Å². The normalized spacial score (nSPS) is 51.4. The first-order valence-electron chi connectivity index (χ1n) is 12.3. The summed E-state index contributed by atoms with van der Waals surface area (Å²) in [7, 11) is 0. The Balaban J connectivity index is 1.35. The second-order valence-electron chi connectivity index (χ2n) is 11.9. The van der Waals surface area contributed by atoms with E-state index in [-0.39, 0.29) is 0 Å². The number of rotatable bonds is 3. The molecule has 0 radical (unpaired) electrons. The number of allylic oxidation sites excluding steroid dienone is 2. The molecule has 4 aliphatic carbocycles. The molecule has 0 aromatic carbocycles. The zero-order valence-electron chi connectivity index (χ0n) is 18.3. The minimum absolute atomic E-state index is 0.543. The lowest BCUT2D eigenvalue weighted by molar-refractivity contribution is -0.0433. The van der Waals surface area contributed by atoms with Crippen LogP contribution < -0.4 is 0 Å². The summed E-state index contributed by atoms with van der Waals surface area (Å²) in [4.78, 5) is 0. The fourth-order valence-electron chi connectivity index (χ4n) is 8.65. The Labute approximate surface area is 167 Å². The molecule has 1 heterocycles. The van der Waals surface area contributed by atoms with Crippen LogP contribution in [0.25, 0.3) is 0 Å². The van der Waals surface area contributed by atoms with Crippen LogP contribution >= 0.6 is 0 Å². The standard InChI is InChI=1S/C26H42O/c1-17(2)8-10-19-15-23-24(27-19)16-22-20-11-9-18-7-5-6-13-25(18,3)21(20)12-14-26(22,23)4/h9,17,19-24H,5-8,10-16H2,1-4H3/t19-,20-,21?,22?,23+,24+,25?,26+/m0/s1. The molecule has 1 nitrogen and oxygen atoms in total. The van der Waals surface area contributed by atoms with Gasteiger partial charge in [-0.1, -0.05) is 45.8 Å². The predicted octanol–water partition coefficient (Wildman–Crippen LogP) is 7.16. The molecule has 1 saturated heterocycles. The Morgan fingerprint density at radius 1 is 1.07 bits per heavy atom. The summed E-state index contributed by atoms with van der Waals surface area (Å²) >= 11 is 0. The summed E-state index contributed by atoms with van der Waals surface area (Å²) < 4.78 is 6.69. The quantitative estimate of drug-likeness (QED) is 0.479. The number of fused-ring (bicyclic) bond motifs is 7. The van der Waals surface area contributed by atoms with Crippen LogP contribution in [0.3, 0.4) is 0 Å². The van der Waals surface area contributed by atoms with Gasteiger partial charge in [-0.15, -0.1) is 0 Å². The fourth-order valence-corrected chi connectivity index (χ4v) is 8.65. The van der Waals surface area contributed by atoms with E-state index in [4.69, 9.17) is 4.74 Å². The Hall–Kier alpha value is -0.300. The molecule has 1 aliphatic heterocycles. The molecule has 3 saturated carbocycles. The molecule has 1 heteroatoms. The van der Waals surface area contributed by atoms with Gasteiger partial charge in [0.2, 0.25) is 0 Å². The second kappa shape index (κ2) is 6.61. The van der Waals surface area contributed by atoms with Gasteiger partial charge < -0.3 is 4.74 Å². The van der Waals surface area contributed by atoms with Gasteiger partial charge in [-0.3, -0.25) is 0 Å². The molecule has 4 fully saturated rings. The predicted molar refractivity (Wildman–Crippen MR) is 113 cm³/mol. The average Bonchev–Trinajstić information content (AvgIpc) is 3.16. The van der Waals surface area contributed by atoms with E-state index in [2.05, 4.69) is 33.8 Å². The van der Waals surface area contributed by atoms with Gasteiger partial charge in [-0.25, -0.2) is 0 Å². The molecule has 0 aromatic heterocycles. The van der Waals surface area contributed by atoms with Crippen molar-refractivity contribution >= 4 is 0 Å². The molecule has 27 heavy (non-hydrogen) atoms. The zero-order valence-corrected chi connectivity index (χ0v) is 18.3. The SMILES string of the molecule is CC(C)CC[C@H]1C[C@@H]2[C@@H](CC3[C@H]4CC=C5CCCCC5(C)C4CC[C@]32C)O1. The molecule has 3 unspecified atom stereocenters. The summed E-state index contributed by atoms with van der Waals surface area (Å²) in [5.74, 6) is 4.50. The maximum Gasteiger partial charge on any atom is 0.0616 e. The summed E-state index contributed by atoms with van der Waals surface area (Å²) in [5, 5.41) is 0. The summed E-state index contributed by atoms with van der Waals surface area (Å²) in [6.45, 7) is 10.0. The lowest BCUT2D eigenvalue weighted by Crippen LogP contribution is -2.49. The van der Waals surface area contributed by atoms with Crippen molar-refractivity contribution in [1.29, 1.82) is 0 Å². The van der Waals surface area contributed by atoms with Crippen LogP contribution in [0.1, 0.15) is 98.3 Å². The van der Waals surface area contributed by atoms with Gasteiger partial charge in [0, 0.05) is 0 Å². The highest BCUT2D eigenvalue weighted by Gasteiger charge is 2.62. The van der Waals surface area contributed by atoms with Gasteiger partial charge in [0.15, 0.2) is 0 Å². The van der Waals surface area contributed by atoms with E-state index in [9.17, 15) is 0 Å². The lowest BCUT2D eigenvalue weighted by Gasteiger charge is -2.57. The third-order valence-electron chi connectivity index (χ3n) is 10.2. The van der Waals surface area contributed by atoms with Gasteiger partial charge in [0.1, 0.15) is 0 Å². The van der Waals surface area contributed by atoms with Gasteiger partial charge >= 0.3 is 0 Å². The van der Waals surface area contributed by atoms with E-state index in [0.717, 1.165) is 29.6 Å². The largest absolute Gasteiger partial charge is 0.375 e. The van der Waals surface area contributed by atoms with E-state index in [1.54, 1.807) is 0 Å². The van der Waals surface area contributed by atoms with Gasteiger partial charge in [0.05, 0.1) is 12.2 Å². The number of ether oxygens (including phenoxy) is 1. The van der Waals surface area contributed by atoms with Crippen molar-refractivity contribution in [2.75, 3.05) is 0 Å². The van der Waals surface area contributed by atoms with Gasteiger partial charge in [0.25, 0.3) is 0 Å². The van der Waals surface area contributed by atoms with Crippen LogP contribution in [-0.2, 0) is 4.74 Å². The second-order valence-corrected chi connectivity index (χ2v) is 11.9. The third kappa shape index (κ3) is 2.81. The van der Waals surface area contributed by atoms with Crippen molar-refractivity contribution in [3.05, 3.63) is 11.6 Å². The highest BCUT2D eigenvalue weighted by molar-refractivity contribution is 5.25. The van der Waals surface area contributed by atoms with Crippen LogP contribution in [0.4, 0.5) is 0 Å². The van der Waals surface area contributed by atoms with Crippen LogP contribution in [0, 0.1) is 40.4 Å². The highest BCUT2D eigenvalue weighted by Crippen LogP contribution is 2.68. The van der Waals surface area contributed by atoms with E-state index in [1.807, 2.05) is 5.57 Å². The van der Waals surface area contributed by atoms with Crippen LogP contribution in [0.2, 0.25) is 0 Å². The molecule has 5 aliphatic rings. The van der Waals surface area contributed by atoms with E-state index in [0.29, 0.717) is 23.0 Å². The Morgan fingerprint density at radius 3 is 2.74 bits per heavy atom. The minimum Gasteiger partial charge on any atom is -0.375 e. The third-order valence-corrected chi connectivity index (χ3v) is 10.2. The molecule has 0 N–H and O–H groups in total. The first-order valence-corrected chi connectivity index (χ1v) is 12.3. The van der Waals surface area contributed by atoms with Crippen LogP contribution in [-0.4, -0.2) is 12.2 Å². The van der Waals surface area contributed by atoms with Crippen LogP contribution in [0.15, 0.2) is 11.6 Å². The molecule has 0 bridgehead atoms. The van der Waals surface area contributed by atoms with Gasteiger partial charge in [-0.2, -0.15) is 0 Å². The van der Waals surface area contributed by atoms with E-state index in [1.165, 1.54) is 70.6 Å². The smallest absolute Gasteiger partial charge is 0.0616 e. The van der Waals surface area contributed by atoms with Gasteiger partial charge in [-0.05, 0) is 105 Å². The number of hydrogen-bond donors (Lipinski definition) is 0. The van der Waals surface area contributed by atoms with Crippen molar-refractivity contribution in [2.24, 2.45) is 40.4 Å². The maximum atomic E-state index is 6.69. The van der Waals surface area contributed by atoms with Crippen molar-refractivity contribution in [3.8, 4) is 0 Å². The lowest BCUT2D eigenvalue weighted by atomic mass is 9.47. The molecule has 0 spiro atoms. The monoisotopic (exact) mass is 370 g/mol. The molecular weight excluding hydrogens is 328 g/mol. The Morgan fingerprint density at radius 2 is 1.93 bits per heavy atom. The Kier molecular flexibility index (Phi) is 4.58. The molecular formula is C26H42O. The summed E-state index contributed by atoms with van der Waals surface area (Å²) in [5.41, 5.74) is 2.96. The minimum atomic E-state index is 0.543. The summed E-state index contributed by atoms with van der Waals surface area (Å²) in [6.07, 6.45) is 19.3. The zero-order chi connectivity index (χ0) is 18.8. The van der Waals surface area contributed by atoms with Crippen molar-refractivity contribution in [3.63, 3.8) is 0 Å². The molecule has 0 amide bonds. The molecule has 152 valence electrons. The molecule has 8 atom stereocenters. The molecule has 5 rings (SSSR count). The summed E-state index contributed by atoms with van der Waals surface area (Å²) in [6, 6.07) is 0. The number of hydrogen-bond acceptors (Lipinski definition) is 1. The van der Waals surface area contributed by atoms with Crippen molar-refractivity contribution in [1.82, 2.24) is 0 Å². The van der Waals surface area contributed by atoms with E-state index >= 15 is 0 Å². The first kappa shape index (κ1) is 18.7. The Bertz CT molecular complexity index is 605. The highest BCUT2D eigenvalue weighted by atomic mass is 16.5. The topological polar surface area (TPSA) is 9.23 Å². The first-order chi connectivity index (χ1) is 12.9. The molecule has 0 aromatic rings. The van der Waals surface area contributed by atoms with Crippen LogP contribution in [0.5, 0.6) is 0 Å². The van der Waals surface area contributed by atoms with Crippen molar-refractivity contribution in [2.45, 2.75) is 111 Å². The maximum absolute atomic E-state index is 6.69. The van der Waals surface area contributed by atoms with Crippen molar-refractivity contribution < 1.29 is 4.74 Å². The fraction of sp³-hybridized carbons (Fsp3) is 0.923.